The summed E-state index contributed by atoms with van der Waals surface area (Å²) in [4.78, 5) is 10.9. The number of ether oxygens (including phenoxy) is 1. The standard InChI is InChI=1S/C13H16N2O3/c1-8(13(14)16)18-10-6-5-9-3-2-4-12(15-17)11(9)7-10/h5-8,17H,2-4H2,1H3,(H2,14,16)/b15-12-. The minimum atomic E-state index is -0.679. The molecule has 1 aromatic carbocycles. The SMILES string of the molecule is CC(Oc1ccc2c(c1)/C(=N\O)CCC2)C(N)=O. The van der Waals surface area contributed by atoms with E-state index in [0.29, 0.717) is 11.5 Å². The Kier molecular flexibility index (Phi) is 3.50. The number of hydrogen-bond acceptors (Lipinski definition) is 4. The number of rotatable bonds is 3. The van der Waals surface area contributed by atoms with Gasteiger partial charge in [-0.2, -0.15) is 0 Å². The molecule has 2 rings (SSSR count). The fraction of sp³-hybridized carbons (Fsp3) is 0.385. The zero-order valence-corrected chi connectivity index (χ0v) is 10.2. The summed E-state index contributed by atoms with van der Waals surface area (Å²) in [6, 6.07) is 5.53. The number of hydrogen-bond donors (Lipinski definition) is 2. The van der Waals surface area contributed by atoms with E-state index in [4.69, 9.17) is 15.7 Å². The van der Waals surface area contributed by atoms with Crippen molar-refractivity contribution in [2.24, 2.45) is 10.9 Å². The van der Waals surface area contributed by atoms with Crippen LogP contribution in [-0.4, -0.2) is 22.9 Å². The van der Waals surface area contributed by atoms with Gasteiger partial charge in [0.15, 0.2) is 6.10 Å². The highest BCUT2D eigenvalue weighted by Crippen LogP contribution is 2.26. The van der Waals surface area contributed by atoms with Gasteiger partial charge in [0, 0.05) is 5.56 Å². The van der Waals surface area contributed by atoms with Gasteiger partial charge in [0.25, 0.3) is 5.91 Å². The molecule has 0 saturated carbocycles. The lowest BCUT2D eigenvalue weighted by Gasteiger charge is -2.19. The summed E-state index contributed by atoms with van der Waals surface area (Å²) in [6.45, 7) is 1.60. The molecule has 1 amide bonds. The molecule has 3 N–H and O–H groups in total. The molecule has 96 valence electrons. The molecule has 0 fully saturated rings. The fourth-order valence-corrected chi connectivity index (χ4v) is 2.06. The van der Waals surface area contributed by atoms with Gasteiger partial charge in [-0.25, -0.2) is 0 Å². The molecule has 0 heterocycles. The summed E-state index contributed by atoms with van der Waals surface area (Å²) in [5.41, 5.74) is 7.83. The van der Waals surface area contributed by atoms with E-state index in [1.807, 2.05) is 6.07 Å². The lowest BCUT2D eigenvalue weighted by atomic mass is 9.90. The van der Waals surface area contributed by atoms with Crippen LogP contribution in [0.1, 0.15) is 30.9 Å². The Labute approximate surface area is 105 Å². The van der Waals surface area contributed by atoms with Crippen molar-refractivity contribution in [3.8, 4) is 5.75 Å². The minimum absolute atomic E-state index is 0.510. The minimum Gasteiger partial charge on any atom is -0.481 e. The van der Waals surface area contributed by atoms with Crippen molar-refractivity contribution in [1.29, 1.82) is 0 Å². The van der Waals surface area contributed by atoms with Crippen molar-refractivity contribution < 1.29 is 14.7 Å². The van der Waals surface area contributed by atoms with Gasteiger partial charge >= 0.3 is 0 Å². The summed E-state index contributed by atoms with van der Waals surface area (Å²) < 4.78 is 5.42. The molecule has 1 aliphatic carbocycles. The average Bonchev–Trinajstić information content (AvgIpc) is 2.37. The number of nitrogens with zero attached hydrogens (tertiary/aromatic N) is 1. The maximum absolute atomic E-state index is 10.9. The predicted octanol–water partition coefficient (Wildman–Crippen LogP) is 1.45. The Morgan fingerprint density at radius 3 is 2.94 bits per heavy atom. The number of nitrogens with two attached hydrogens (primary N) is 1. The zero-order chi connectivity index (χ0) is 13.1. The number of primary amides is 1. The van der Waals surface area contributed by atoms with Crippen LogP contribution in [0.4, 0.5) is 0 Å². The van der Waals surface area contributed by atoms with E-state index in [-0.39, 0.29) is 0 Å². The molecule has 1 aliphatic rings. The Bertz CT molecular complexity index is 497. The largest absolute Gasteiger partial charge is 0.481 e. The molecular weight excluding hydrogens is 232 g/mol. The summed E-state index contributed by atoms with van der Waals surface area (Å²) in [5.74, 6) is 0.0480. The van der Waals surface area contributed by atoms with Gasteiger partial charge in [-0.3, -0.25) is 4.79 Å². The molecule has 1 atom stereocenters. The van der Waals surface area contributed by atoms with Crippen LogP contribution in [0, 0.1) is 0 Å². The van der Waals surface area contributed by atoms with Gasteiger partial charge in [-0.15, -0.1) is 0 Å². The topological polar surface area (TPSA) is 84.9 Å². The Morgan fingerprint density at radius 2 is 2.28 bits per heavy atom. The van der Waals surface area contributed by atoms with Gasteiger partial charge < -0.3 is 15.7 Å². The first-order valence-electron chi connectivity index (χ1n) is 5.92. The second kappa shape index (κ2) is 5.08. The first-order valence-corrected chi connectivity index (χ1v) is 5.92. The van der Waals surface area contributed by atoms with E-state index < -0.39 is 12.0 Å². The van der Waals surface area contributed by atoms with Crippen LogP contribution in [-0.2, 0) is 11.2 Å². The highest BCUT2D eigenvalue weighted by atomic mass is 16.5. The van der Waals surface area contributed by atoms with Crippen LogP contribution in [0.3, 0.4) is 0 Å². The van der Waals surface area contributed by atoms with Gasteiger partial charge in [0.1, 0.15) is 5.75 Å². The monoisotopic (exact) mass is 248 g/mol. The summed E-state index contributed by atoms with van der Waals surface area (Å²) in [5, 5.41) is 12.3. The van der Waals surface area contributed by atoms with E-state index in [9.17, 15) is 4.79 Å². The molecule has 0 spiro atoms. The number of amides is 1. The van der Waals surface area contributed by atoms with Crippen LogP contribution in [0.5, 0.6) is 5.75 Å². The second-order valence-corrected chi connectivity index (χ2v) is 4.38. The van der Waals surface area contributed by atoms with Gasteiger partial charge in [-0.1, -0.05) is 11.2 Å². The normalized spacial score (nSPS) is 18.2. The van der Waals surface area contributed by atoms with Crippen LogP contribution in [0.2, 0.25) is 0 Å². The van der Waals surface area contributed by atoms with E-state index in [2.05, 4.69) is 5.16 Å². The number of aryl methyl sites for hydroxylation is 1. The van der Waals surface area contributed by atoms with E-state index in [1.54, 1.807) is 19.1 Å². The van der Waals surface area contributed by atoms with Crippen LogP contribution in [0.15, 0.2) is 23.4 Å². The Morgan fingerprint density at radius 1 is 1.50 bits per heavy atom. The van der Waals surface area contributed by atoms with Gasteiger partial charge in [-0.05, 0) is 43.9 Å². The first kappa shape index (κ1) is 12.4. The number of carbonyl (C=O) groups is 1. The molecule has 5 heteroatoms. The van der Waals surface area contributed by atoms with E-state index in [1.165, 1.54) is 0 Å². The molecule has 1 aromatic rings. The third-order valence-electron chi connectivity index (χ3n) is 3.09. The first-order chi connectivity index (χ1) is 8.61. The van der Waals surface area contributed by atoms with E-state index in [0.717, 1.165) is 30.4 Å². The third kappa shape index (κ3) is 2.45. The third-order valence-corrected chi connectivity index (χ3v) is 3.09. The molecule has 0 bridgehead atoms. The van der Waals surface area contributed by atoms with Crippen molar-refractivity contribution in [3.05, 3.63) is 29.3 Å². The Balaban J connectivity index is 2.28. The maximum atomic E-state index is 10.9. The number of benzene rings is 1. The summed E-state index contributed by atoms with van der Waals surface area (Å²) >= 11 is 0. The van der Waals surface area contributed by atoms with Crippen molar-refractivity contribution in [3.63, 3.8) is 0 Å². The molecule has 0 saturated heterocycles. The Hall–Kier alpha value is -2.04. The van der Waals surface area contributed by atoms with E-state index >= 15 is 0 Å². The van der Waals surface area contributed by atoms with Crippen LogP contribution < -0.4 is 10.5 Å². The predicted molar refractivity (Wildman–Crippen MR) is 67.0 cm³/mol. The molecule has 0 aromatic heterocycles. The zero-order valence-electron chi connectivity index (χ0n) is 10.2. The lowest BCUT2D eigenvalue weighted by Crippen LogP contribution is -2.30. The molecule has 18 heavy (non-hydrogen) atoms. The summed E-state index contributed by atoms with van der Waals surface area (Å²) in [7, 11) is 0. The lowest BCUT2D eigenvalue weighted by molar-refractivity contribution is -0.123. The quantitative estimate of drug-likeness (QED) is 0.627. The van der Waals surface area contributed by atoms with Gasteiger partial charge in [0.05, 0.1) is 5.71 Å². The number of fused-ring (bicyclic) bond motifs is 1. The molecular formula is C13H16N2O3. The van der Waals surface area contributed by atoms with Gasteiger partial charge in [0.2, 0.25) is 0 Å². The number of carbonyl (C=O) groups excluding carboxylic acids is 1. The highest BCUT2D eigenvalue weighted by Gasteiger charge is 2.18. The second-order valence-electron chi connectivity index (χ2n) is 4.38. The molecule has 5 nitrogen and oxygen atoms in total. The van der Waals surface area contributed by atoms with Crippen molar-refractivity contribution in [2.75, 3.05) is 0 Å². The van der Waals surface area contributed by atoms with Crippen molar-refractivity contribution >= 4 is 11.6 Å². The van der Waals surface area contributed by atoms with Crippen molar-refractivity contribution in [1.82, 2.24) is 0 Å². The molecule has 1 unspecified atom stereocenters. The summed E-state index contributed by atoms with van der Waals surface area (Å²) in [6.07, 6.45) is 2.00. The maximum Gasteiger partial charge on any atom is 0.258 e. The molecule has 0 radical (unpaired) electrons. The van der Waals surface area contributed by atoms with Crippen LogP contribution >= 0.6 is 0 Å². The average molecular weight is 248 g/mol. The highest BCUT2D eigenvalue weighted by molar-refractivity contribution is 6.02. The molecule has 0 aliphatic heterocycles. The van der Waals surface area contributed by atoms with Crippen LogP contribution in [0.25, 0.3) is 0 Å². The smallest absolute Gasteiger partial charge is 0.258 e. The number of oxime groups is 1. The fourth-order valence-electron chi connectivity index (χ4n) is 2.06. The van der Waals surface area contributed by atoms with Crippen molar-refractivity contribution in [2.45, 2.75) is 32.3 Å².